The zero-order valence-electron chi connectivity index (χ0n) is 12.9. The molecule has 3 rings (SSSR count). The van der Waals surface area contributed by atoms with Gasteiger partial charge >= 0.3 is 0 Å². The third-order valence-corrected chi connectivity index (χ3v) is 5.18. The van der Waals surface area contributed by atoms with Crippen LogP contribution >= 0.6 is 0 Å². The number of hydrogen-bond donors (Lipinski definition) is 1. The second kappa shape index (κ2) is 5.73. The molecule has 9 heteroatoms. The molecule has 1 saturated heterocycles. The molecule has 8 nitrogen and oxygen atoms in total. The number of aromatic amines is 1. The average Bonchev–Trinajstić information content (AvgIpc) is 3.15. The van der Waals surface area contributed by atoms with Crippen LogP contribution in [0.1, 0.15) is 34.1 Å². The number of likely N-dealkylation sites (tertiary alicyclic amines) is 1. The van der Waals surface area contributed by atoms with Crippen molar-refractivity contribution in [1.82, 2.24) is 25.1 Å². The van der Waals surface area contributed by atoms with E-state index in [9.17, 15) is 13.2 Å². The molecule has 122 valence electrons. The van der Waals surface area contributed by atoms with Crippen LogP contribution in [0, 0.1) is 6.92 Å². The summed E-state index contributed by atoms with van der Waals surface area (Å²) in [6.45, 7) is 2.76. The average molecular weight is 335 g/mol. The van der Waals surface area contributed by atoms with Crippen molar-refractivity contribution in [3.63, 3.8) is 0 Å². The van der Waals surface area contributed by atoms with Crippen LogP contribution in [0.25, 0.3) is 0 Å². The van der Waals surface area contributed by atoms with Crippen molar-refractivity contribution >= 4 is 15.7 Å². The molecule has 0 bridgehead atoms. The molecule has 3 heterocycles. The van der Waals surface area contributed by atoms with Gasteiger partial charge in [0.05, 0.1) is 23.1 Å². The van der Waals surface area contributed by atoms with Gasteiger partial charge in [0.2, 0.25) is 0 Å². The van der Waals surface area contributed by atoms with Crippen molar-refractivity contribution in [2.24, 2.45) is 0 Å². The maximum Gasteiger partial charge on any atom is 0.257 e. The quantitative estimate of drug-likeness (QED) is 0.877. The first-order chi connectivity index (χ1) is 10.9. The number of amides is 1. The number of nitrogens with zero attached hydrogens (tertiary/aromatic N) is 4. The highest BCUT2D eigenvalue weighted by molar-refractivity contribution is 7.90. The highest BCUT2D eigenvalue weighted by atomic mass is 32.2. The molecule has 1 N–H and O–H groups in total. The van der Waals surface area contributed by atoms with Crippen molar-refractivity contribution in [2.45, 2.75) is 24.2 Å². The Hall–Kier alpha value is -2.29. The van der Waals surface area contributed by atoms with Gasteiger partial charge in [-0.2, -0.15) is 5.10 Å². The molecule has 0 radical (unpaired) electrons. The van der Waals surface area contributed by atoms with Crippen LogP contribution in [0.15, 0.2) is 23.6 Å². The first-order valence-corrected chi connectivity index (χ1v) is 9.06. The van der Waals surface area contributed by atoms with E-state index in [1.54, 1.807) is 11.8 Å². The lowest BCUT2D eigenvalue weighted by atomic mass is 10.1. The number of carbonyl (C=O) groups is 1. The number of hydrogen-bond acceptors (Lipinski definition) is 6. The summed E-state index contributed by atoms with van der Waals surface area (Å²) < 4.78 is 23.6. The lowest BCUT2D eigenvalue weighted by Crippen LogP contribution is -2.29. The Bertz CT molecular complexity index is 846. The number of aromatic nitrogens is 4. The van der Waals surface area contributed by atoms with Crippen LogP contribution in [0.5, 0.6) is 0 Å². The summed E-state index contributed by atoms with van der Waals surface area (Å²) in [5.74, 6) is -0.206. The third kappa shape index (κ3) is 2.96. The Morgan fingerprint density at radius 1 is 1.39 bits per heavy atom. The van der Waals surface area contributed by atoms with Gasteiger partial charge in [0.15, 0.2) is 9.84 Å². The van der Waals surface area contributed by atoms with Gasteiger partial charge in [-0.1, -0.05) is 0 Å². The topological polar surface area (TPSA) is 109 Å². The van der Waals surface area contributed by atoms with E-state index in [1.807, 2.05) is 0 Å². The van der Waals surface area contributed by atoms with Crippen molar-refractivity contribution < 1.29 is 13.2 Å². The van der Waals surface area contributed by atoms with Gasteiger partial charge in [0.25, 0.3) is 5.91 Å². The molecule has 2 aromatic rings. The summed E-state index contributed by atoms with van der Waals surface area (Å²) in [6.07, 6.45) is 6.08. The van der Waals surface area contributed by atoms with E-state index in [1.165, 1.54) is 18.7 Å². The summed E-state index contributed by atoms with van der Waals surface area (Å²) in [5, 5.41) is 6.62. The Labute approximate surface area is 133 Å². The standard InChI is InChI=1S/C14H17N5O3S/c1-9-11(5-15-8-16-9)14(20)19-4-3-10(7-19)13-12(6-17-18-13)23(2,21)22/h5-6,8,10H,3-4,7H2,1-2H3,(H,17,18)/t10-/m0/s1. The van der Waals surface area contributed by atoms with E-state index >= 15 is 0 Å². The SMILES string of the molecule is Cc1ncncc1C(=O)N1CC[C@H](c2[nH]ncc2S(C)(=O)=O)C1. The summed E-state index contributed by atoms with van der Waals surface area (Å²) >= 11 is 0. The summed E-state index contributed by atoms with van der Waals surface area (Å²) in [6, 6.07) is 0. The van der Waals surface area contributed by atoms with Crippen molar-refractivity contribution in [3.05, 3.63) is 35.7 Å². The second-order valence-corrected chi connectivity index (χ2v) is 7.66. The number of H-pyrrole nitrogens is 1. The van der Waals surface area contributed by atoms with Crippen molar-refractivity contribution in [1.29, 1.82) is 0 Å². The van der Waals surface area contributed by atoms with E-state index in [-0.39, 0.29) is 16.7 Å². The molecule has 1 amide bonds. The van der Waals surface area contributed by atoms with Crippen LogP contribution < -0.4 is 0 Å². The summed E-state index contributed by atoms with van der Waals surface area (Å²) in [4.78, 5) is 22.4. The van der Waals surface area contributed by atoms with Crippen molar-refractivity contribution in [2.75, 3.05) is 19.3 Å². The van der Waals surface area contributed by atoms with Gasteiger partial charge in [-0.3, -0.25) is 9.89 Å². The predicted molar refractivity (Wildman–Crippen MR) is 81.7 cm³/mol. The maximum absolute atomic E-state index is 12.6. The minimum atomic E-state index is -3.34. The highest BCUT2D eigenvalue weighted by Gasteiger charge is 2.32. The van der Waals surface area contributed by atoms with Gasteiger partial charge in [-0.15, -0.1) is 0 Å². The zero-order chi connectivity index (χ0) is 16.6. The van der Waals surface area contributed by atoms with Gasteiger partial charge in [0, 0.05) is 31.5 Å². The van der Waals surface area contributed by atoms with E-state index in [2.05, 4.69) is 20.2 Å². The van der Waals surface area contributed by atoms with Crippen LogP contribution in [-0.4, -0.2) is 58.7 Å². The number of carbonyl (C=O) groups excluding carboxylic acids is 1. The van der Waals surface area contributed by atoms with Crippen molar-refractivity contribution in [3.8, 4) is 0 Å². The lowest BCUT2D eigenvalue weighted by molar-refractivity contribution is 0.0789. The van der Waals surface area contributed by atoms with E-state index in [0.29, 0.717) is 36.5 Å². The van der Waals surface area contributed by atoms with E-state index < -0.39 is 9.84 Å². The molecular weight excluding hydrogens is 318 g/mol. The van der Waals surface area contributed by atoms with Gasteiger partial charge in [-0.05, 0) is 13.3 Å². The molecule has 23 heavy (non-hydrogen) atoms. The number of aryl methyl sites for hydroxylation is 1. The molecule has 0 aliphatic carbocycles. The van der Waals surface area contributed by atoms with Gasteiger partial charge < -0.3 is 4.90 Å². The second-order valence-electron chi connectivity index (χ2n) is 5.68. The first kappa shape index (κ1) is 15.6. The number of nitrogens with one attached hydrogen (secondary N) is 1. The Morgan fingerprint density at radius 3 is 2.87 bits per heavy atom. The number of rotatable bonds is 3. The van der Waals surface area contributed by atoms with Gasteiger partial charge in [-0.25, -0.2) is 18.4 Å². The molecule has 1 aliphatic heterocycles. The monoisotopic (exact) mass is 335 g/mol. The zero-order valence-corrected chi connectivity index (χ0v) is 13.7. The van der Waals surface area contributed by atoms with Crippen LogP contribution in [0.4, 0.5) is 0 Å². The molecule has 1 atom stereocenters. The Morgan fingerprint density at radius 2 is 2.17 bits per heavy atom. The molecule has 0 saturated carbocycles. The van der Waals surface area contributed by atoms with E-state index in [0.717, 1.165) is 6.26 Å². The predicted octanol–water partition coefficient (Wildman–Crippen LogP) is 0.541. The summed E-state index contributed by atoms with van der Waals surface area (Å²) in [5.41, 5.74) is 1.68. The summed E-state index contributed by atoms with van der Waals surface area (Å²) in [7, 11) is -3.34. The molecule has 2 aromatic heterocycles. The van der Waals surface area contributed by atoms with Crippen LogP contribution in [0.3, 0.4) is 0 Å². The lowest BCUT2D eigenvalue weighted by Gasteiger charge is -2.17. The maximum atomic E-state index is 12.6. The van der Waals surface area contributed by atoms with E-state index in [4.69, 9.17) is 0 Å². The Balaban J connectivity index is 1.81. The molecule has 0 spiro atoms. The fourth-order valence-corrected chi connectivity index (χ4v) is 3.68. The van der Waals surface area contributed by atoms with Gasteiger partial charge in [0.1, 0.15) is 11.2 Å². The smallest absolute Gasteiger partial charge is 0.257 e. The third-order valence-electron chi connectivity index (χ3n) is 4.06. The first-order valence-electron chi connectivity index (χ1n) is 7.17. The largest absolute Gasteiger partial charge is 0.338 e. The number of sulfone groups is 1. The molecule has 1 aliphatic rings. The molecular formula is C14H17N5O3S. The highest BCUT2D eigenvalue weighted by Crippen LogP contribution is 2.30. The van der Waals surface area contributed by atoms with Crippen LogP contribution in [0.2, 0.25) is 0 Å². The fourth-order valence-electron chi connectivity index (χ4n) is 2.82. The Kier molecular flexibility index (Phi) is 3.88. The molecule has 0 unspecified atom stereocenters. The molecule has 1 fully saturated rings. The minimum absolute atomic E-state index is 0.0730. The van der Waals surface area contributed by atoms with Crippen LogP contribution in [-0.2, 0) is 9.84 Å². The molecule has 0 aromatic carbocycles. The fraction of sp³-hybridized carbons (Fsp3) is 0.429. The normalized spacial score (nSPS) is 18.3. The minimum Gasteiger partial charge on any atom is -0.338 e.